The number of H-pyrrole nitrogens is 1. The number of carboxylic acid groups (broad SMARTS) is 1. The van der Waals surface area contributed by atoms with Gasteiger partial charge in [0.1, 0.15) is 5.56 Å². The average molecular weight is 656 g/mol. The number of rotatable bonds is 9. The van der Waals surface area contributed by atoms with Crippen molar-refractivity contribution in [1.29, 1.82) is 0 Å². The summed E-state index contributed by atoms with van der Waals surface area (Å²) in [5.41, 5.74) is 3.37. The summed E-state index contributed by atoms with van der Waals surface area (Å²) in [6.07, 6.45) is 1.41. The number of fused-ring (bicyclic) bond motifs is 1. The van der Waals surface area contributed by atoms with Crippen molar-refractivity contribution >= 4 is 51.2 Å². The van der Waals surface area contributed by atoms with Crippen LogP contribution >= 0.6 is 22.6 Å². The second-order valence-electron chi connectivity index (χ2n) is 9.66. The van der Waals surface area contributed by atoms with Gasteiger partial charge in [-0.2, -0.15) is 0 Å². The number of carboxylic acids is 1. The molecule has 0 saturated carbocycles. The summed E-state index contributed by atoms with van der Waals surface area (Å²) >= 11 is 2.21. The minimum Gasteiger partial charge on any atom is -0.477 e. The lowest BCUT2D eigenvalue weighted by atomic mass is 9.96. The van der Waals surface area contributed by atoms with Crippen LogP contribution in [0.5, 0.6) is 0 Å². The summed E-state index contributed by atoms with van der Waals surface area (Å²) in [7, 11) is 0. The van der Waals surface area contributed by atoms with E-state index in [4.69, 9.17) is 0 Å². The zero-order chi connectivity index (χ0) is 28.9. The molecular weight excluding hydrogens is 631 g/mol. The molecular formula is C33H25IN2O5. The largest absolute Gasteiger partial charge is 0.477 e. The summed E-state index contributed by atoms with van der Waals surface area (Å²) < 4.78 is 1.05. The quantitative estimate of drug-likeness (QED) is 0.178. The predicted octanol–water partition coefficient (Wildman–Crippen LogP) is 5.65. The molecule has 0 radical (unpaired) electrons. The van der Waals surface area contributed by atoms with E-state index in [9.17, 15) is 24.3 Å². The number of amides is 1. The lowest BCUT2D eigenvalue weighted by Crippen LogP contribution is -2.43. The molecule has 1 amide bonds. The van der Waals surface area contributed by atoms with Crippen LogP contribution in [0, 0.1) is 3.57 Å². The molecule has 0 aliphatic heterocycles. The van der Waals surface area contributed by atoms with Crippen LogP contribution < -0.4 is 10.7 Å². The summed E-state index contributed by atoms with van der Waals surface area (Å²) in [6, 6.07) is 28.8. The molecule has 204 valence electrons. The predicted molar refractivity (Wildman–Crippen MR) is 166 cm³/mol. The molecule has 0 aliphatic carbocycles. The number of aromatic amines is 1. The lowest BCUT2D eigenvalue weighted by Gasteiger charge is -2.19. The van der Waals surface area contributed by atoms with E-state index in [1.165, 1.54) is 6.07 Å². The number of hydrogen-bond acceptors (Lipinski definition) is 4. The molecule has 1 atom stereocenters. The molecule has 4 aromatic carbocycles. The van der Waals surface area contributed by atoms with Gasteiger partial charge in [0, 0.05) is 32.7 Å². The minimum absolute atomic E-state index is 0.0467. The molecule has 0 unspecified atom stereocenters. The molecule has 1 aromatic heterocycles. The van der Waals surface area contributed by atoms with Crippen molar-refractivity contribution < 1.29 is 19.5 Å². The number of carbonyl (C=O) groups is 3. The molecule has 3 N–H and O–H groups in total. The van der Waals surface area contributed by atoms with E-state index in [1.54, 1.807) is 24.3 Å². The van der Waals surface area contributed by atoms with Crippen LogP contribution in [0.2, 0.25) is 0 Å². The highest BCUT2D eigenvalue weighted by molar-refractivity contribution is 14.1. The molecule has 5 rings (SSSR count). The molecule has 0 saturated heterocycles. The lowest BCUT2D eigenvalue weighted by molar-refractivity contribution is -0.120. The van der Waals surface area contributed by atoms with Crippen molar-refractivity contribution in [1.82, 2.24) is 10.3 Å². The third-order valence-electron chi connectivity index (χ3n) is 6.86. The van der Waals surface area contributed by atoms with Crippen LogP contribution in [-0.4, -0.2) is 33.8 Å². The topological polar surface area (TPSA) is 116 Å². The molecule has 5 aromatic rings. The van der Waals surface area contributed by atoms with Crippen molar-refractivity contribution in [2.75, 3.05) is 0 Å². The van der Waals surface area contributed by atoms with E-state index in [2.05, 4.69) is 32.9 Å². The van der Waals surface area contributed by atoms with Crippen molar-refractivity contribution in [3.63, 3.8) is 0 Å². The first-order valence-electron chi connectivity index (χ1n) is 12.9. The van der Waals surface area contributed by atoms with Crippen LogP contribution in [0.3, 0.4) is 0 Å². The fraction of sp³-hybridized carbons (Fsp3) is 0.0909. The maximum absolute atomic E-state index is 13.6. The van der Waals surface area contributed by atoms with Gasteiger partial charge in [-0.3, -0.25) is 14.4 Å². The van der Waals surface area contributed by atoms with Crippen LogP contribution in [0.4, 0.5) is 0 Å². The Morgan fingerprint density at radius 1 is 0.829 bits per heavy atom. The van der Waals surface area contributed by atoms with Gasteiger partial charge in [-0.25, -0.2) is 4.79 Å². The van der Waals surface area contributed by atoms with Crippen molar-refractivity contribution in [2.24, 2.45) is 0 Å². The van der Waals surface area contributed by atoms with E-state index in [0.717, 1.165) is 26.5 Å². The first-order chi connectivity index (χ1) is 19.8. The number of hydrogen-bond donors (Lipinski definition) is 3. The third-order valence-corrected chi connectivity index (χ3v) is 7.57. The number of nitrogens with one attached hydrogen (secondary N) is 2. The van der Waals surface area contributed by atoms with Gasteiger partial charge in [-0.15, -0.1) is 0 Å². The maximum Gasteiger partial charge on any atom is 0.341 e. The van der Waals surface area contributed by atoms with Crippen molar-refractivity contribution in [2.45, 2.75) is 18.9 Å². The van der Waals surface area contributed by atoms with Gasteiger partial charge in [-0.05, 0) is 87.7 Å². The highest BCUT2D eigenvalue weighted by Crippen LogP contribution is 2.20. The molecule has 7 nitrogen and oxygen atoms in total. The number of carbonyl (C=O) groups excluding carboxylic acids is 2. The van der Waals surface area contributed by atoms with Crippen LogP contribution in [0.1, 0.15) is 31.8 Å². The van der Waals surface area contributed by atoms with Crippen LogP contribution in [-0.2, 0) is 17.6 Å². The van der Waals surface area contributed by atoms with Gasteiger partial charge in [0.05, 0.1) is 6.04 Å². The number of halogens is 1. The highest BCUT2D eigenvalue weighted by atomic mass is 127. The second-order valence-corrected chi connectivity index (χ2v) is 10.9. The fourth-order valence-corrected chi connectivity index (χ4v) is 5.01. The van der Waals surface area contributed by atoms with E-state index in [1.807, 2.05) is 66.7 Å². The van der Waals surface area contributed by atoms with Gasteiger partial charge in [-0.1, -0.05) is 60.7 Å². The van der Waals surface area contributed by atoms with Gasteiger partial charge in [0.2, 0.25) is 5.43 Å². The minimum atomic E-state index is -1.33. The molecule has 41 heavy (non-hydrogen) atoms. The third kappa shape index (κ3) is 6.60. The number of pyridine rings is 1. The van der Waals surface area contributed by atoms with Crippen LogP contribution in [0.15, 0.2) is 108 Å². The van der Waals surface area contributed by atoms with Crippen molar-refractivity contribution in [3.8, 4) is 11.1 Å². The Morgan fingerprint density at radius 2 is 1.49 bits per heavy atom. The summed E-state index contributed by atoms with van der Waals surface area (Å²) in [4.78, 5) is 53.8. The van der Waals surface area contributed by atoms with Gasteiger partial charge in [0.15, 0.2) is 5.78 Å². The standard InChI is InChI=1S/C33H25IN2O5/c34-25-13-6-20(7-14-25)17-29(36-32(39)24-11-9-23(10-12-24)22-4-2-1-3-5-22)30(37)18-21-8-15-28-26(16-21)31(38)27(19-35-28)33(40)41/h1-16,19,29H,17-18H2,(H,35,38)(H,36,39)(H,40,41)/t29-/m0/s1. The normalized spacial score (nSPS) is 11.6. The highest BCUT2D eigenvalue weighted by Gasteiger charge is 2.23. The number of Topliss-reactive ketones (excluding diaryl/α,β-unsaturated/α-hetero) is 1. The Hall–Kier alpha value is -4.57. The monoisotopic (exact) mass is 656 g/mol. The van der Waals surface area contributed by atoms with Gasteiger partial charge < -0.3 is 15.4 Å². The zero-order valence-electron chi connectivity index (χ0n) is 21.8. The average Bonchev–Trinajstić information content (AvgIpc) is 2.98. The molecule has 0 aliphatic rings. The number of aromatic carboxylic acids is 1. The molecule has 0 bridgehead atoms. The molecule has 0 spiro atoms. The number of aromatic nitrogens is 1. The number of benzene rings is 4. The Morgan fingerprint density at radius 3 is 2.17 bits per heavy atom. The van der Waals surface area contributed by atoms with E-state index in [0.29, 0.717) is 23.1 Å². The Kier molecular flexibility index (Phi) is 8.39. The maximum atomic E-state index is 13.6. The smallest absolute Gasteiger partial charge is 0.341 e. The summed E-state index contributed by atoms with van der Waals surface area (Å²) in [5, 5.41) is 12.4. The SMILES string of the molecule is O=C(N[C@@H](Cc1ccc(I)cc1)C(=O)Cc1ccc2[nH]cc(C(=O)O)c(=O)c2c1)c1ccc(-c2ccccc2)cc1. The van der Waals surface area contributed by atoms with E-state index in [-0.39, 0.29) is 29.1 Å². The second kappa shape index (κ2) is 12.3. The van der Waals surface area contributed by atoms with Gasteiger partial charge >= 0.3 is 5.97 Å². The Labute approximate surface area is 249 Å². The number of ketones is 1. The zero-order valence-corrected chi connectivity index (χ0v) is 23.9. The molecule has 8 heteroatoms. The van der Waals surface area contributed by atoms with Gasteiger partial charge in [0.25, 0.3) is 5.91 Å². The first kappa shape index (κ1) is 28.0. The summed E-state index contributed by atoms with van der Waals surface area (Å²) in [6.45, 7) is 0. The Balaban J connectivity index is 1.39. The molecule has 1 heterocycles. The van der Waals surface area contributed by atoms with Crippen LogP contribution in [0.25, 0.3) is 22.0 Å². The molecule has 0 fully saturated rings. The first-order valence-corrected chi connectivity index (χ1v) is 14.0. The van der Waals surface area contributed by atoms with E-state index >= 15 is 0 Å². The fourth-order valence-electron chi connectivity index (χ4n) is 4.65. The van der Waals surface area contributed by atoms with Crippen molar-refractivity contribution in [3.05, 3.63) is 139 Å². The van der Waals surface area contributed by atoms with E-state index < -0.39 is 17.4 Å². The Bertz CT molecular complexity index is 1800. The summed E-state index contributed by atoms with van der Waals surface area (Å²) in [5.74, 6) is -1.93.